The Morgan fingerprint density at radius 2 is 2.64 bits per heavy atom. The minimum Gasteiger partial charge on any atom is -0.387 e. The largest absolute Gasteiger partial charge is 0.387 e. The number of rotatable bonds is 3. The van der Waals surface area contributed by atoms with Gasteiger partial charge in [0.05, 0.1) is 12.3 Å². The van der Waals surface area contributed by atoms with Crippen molar-refractivity contribution in [1.29, 1.82) is 0 Å². The Morgan fingerprint density at radius 1 is 1.91 bits per heavy atom. The molecule has 0 aliphatic rings. The SMILES string of the molecule is CNCC(O)c1cn[nH]c1Br. The maximum absolute atomic E-state index is 9.44. The fourth-order valence-electron chi connectivity index (χ4n) is 0.815. The van der Waals surface area contributed by atoms with Gasteiger partial charge in [-0.15, -0.1) is 0 Å². The highest BCUT2D eigenvalue weighted by Gasteiger charge is 2.11. The Morgan fingerprint density at radius 3 is 3.09 bits per heavy atom. The molecule has 1 unspecified atom stereocenters. The Balaban J connectivity index is 2.67. The summed E-state index contributed by atoms with van der Waals surface area (Å²) in [5.41, 5.74) is 0.777. The van der Waals surface area contributed by atoms with E-state index in [0.717, 1.165) is 10.2 Å². The molecule has 0 aliphatic heterocycles. The number of hydrogen-bond donors (Lipinski definition) is 3. The number of aliphatic hydroxyl groups excluding tert-OH is 1. The van der Waals surface area contributed by atoms with E-state index in [1.165, 1.54) is 0 Å². The van der Waals surface area contributed by atoms with Gasteiger partial charge in [0, 0.05) is 12.1 Å². The Bertz CT molecular complexity index is 225. The minimum atomic E-state index is -0.506. The molecule has 1 rings (SSSR count). The summed E-state index contributed by atoms with van der Waals surface area (Å²) in [6, 6.07) is 0. The van der Waals surface area contributed by atoms with E-state index in [1.807, 2.05) is 0 Å². The number of aliphatic hydroxyl groups is 1. The van der Waals surface area contributed by atoms with Gasteiger partial charge in [0.1, 0.15) is 4.60 Å². The predicted molar refractivity (Wildman–Crippen MR) is 45.2 cm³/mol. The number of likely N-dealkylation sites (N-methyl/N-ethyl adjacent to an activating group) is 1. The number of aromatic amines is 1. The first-order valence-corrected chi connectivity index (χ1v) is 4.06. The molecule has 3 N–H and O–H groups in total. The van der Waals surface area contributed by atoms with Crippen LogP contribution in [0.2, 0.25) is 0 Å². The molecule has 1 atom stereocenters. The van der Waals surface area contributed by atoms with E-state index in [0.29, 0.717) is 6.54 Å². The van der Waals surface area contributed by atoms with Crippen LogP contribution in [0.25, 0.3) is 0 Å². The third-order valence-electron chi connectivity index (χ3n) is 1.38. The molecule has 0 amide bonds. The van der Waals surface area contributed by atoms with Gasteiger partial charge in [0.15, 0.2) is 0 Å². The maximum Gasteiger partial charge on any atom is 0.106 e. The van der Waals surface area contributed by atoms with Crippen LogP contribution in [0.5, 0.6) is 0 Å². The Hall–Kier alpha value is -0.390. The molecule has 5 heteroatoms. The minimum absolute atomic E-state index is 0.506. The average molecular weight is 220 g/mol. The van der Waals surface area contributed by atoms with Crippen molar-refractivity contribution in [2.45, 2.75) is 6.10 Å². The van der Waals surface area contributed by atoms with Gasteiger partial charge in [0.25, 0.3) is 0 Å². The first kappa shape index (κ1) is 8.70. The van der Waals surface area contributed by atoms with Crippen molar-refractivity contribution < 1.29 is 5.11 Å². The third kappa shape index (κ3) is 2.02. The van der Waals surface area contributed by atoms with Gasteiger partial charge < -0.3 is 10.4 Å². The predicted octanol–water partition coefficient (Wildman–Crippen LogP) is 0.425. The van der Waals surface area contributed by atoms with Crippen LogP contribution < -0.4 is 5.32 Å². The fourth-order valence-corrected chi connectivity index (χ4v) is 1.28. The summed E-state index contributed by atoms with van der Waals surface area (Å²) >= 11 is 3.23. The Labute approximate surface area is 73.1 Å². The highest BCUT2D eigenvalue weighted by atomic mass is 79.9. The van der Waals surface area contributed by atoms with E-state index in [9.17, 15) is 5.11 Å². The van der Waals surface area contributed by atoms with Crippen LogP contribution in [0.1, 0.15) is 11.7 Å². The summed E-state index contributed by atoms with van der Waals surface area (Å²) in [6.07, 6.45) is 1.10. The molecule has 0 bridgehead atoms. The number of halogens is 1. The second kappa shape index (κ2) is 3.85. The van der Waals surface area contributed by atoms with Gasteiger partial charge in [0.2, 0.25) is 0 Å². The average Bonchev–Trinajstić information content (AvgIpc) is 2.36. The highest BCUT2D eigenvalue weighted by Crippen LogP contribution is 2.19. The van der Waals surface area contributed by atoms with E-state index < -0.39 is 6.10 Å². The van der Waals surface area contributed by atoms with E-state index in [2.05, 4.69) is 31.4 Å². The van der Waals surface area contributed by atoms with Crippen molar-refractivity contribution in [3.8, 4) is 0 Å². The zero-order chi connectivity index (χ0) is 8.27. The van der Waals surface area contributed by atoms with Gasteiger partial charge in [-0.2, -0.15) is 5.10 Å². The van der Waals surface area contributed by atoms with Gasteiger partial charge in [-0.05, 0) is 23.0 Å². The summed E-state index contributed by atoms with van der Waals surface area (Å²) in [6.45, 7) is 0.526. The molecule has 0 spiro atoms. The lowest BCUT2D eigenvalue weighted by Crippen LogP contribution is -2.16. The quantitative estimate of drug-likeness (QED) is 0.692. The van der Waals surface area contributed by atoms with Gasteiger partial charge in [-0.1, -0.05) is 0 Å². The number of hydrogen-bond acceptors (Lipinski definition) is 3. The van der Waals surface area contributed by atoms with Crippen LogP contribution in [0.4, 0.5) is 0 Å². The molecule has 4 nitrogen and oxygen atoms in total. The van der Waals surface area contributed by atoms with E-state index in [4.69, 9.17) is 0 Å². The second-order valence-corrected chi connectivity index (χ2v) is 3.01. The molecule has 62 valence electrons. The standard InChI is InChI=1S/C6H10BrN3O/c1-8-3-5(11)4-2-9-10-6(4)7/h2,5,8,11H,3H2,1H3,(H,9,10). The lowest BCUT2D eigenvalue weighted by Gasteiger charge is -2.06. The number of nitrogens with one attached hydrogen (secondary N) is 2. The van der Waals surface area contributed by atoms with Gasteiger partial charge in [-0.25, -0.2) is 0 Å². The van der Waals surface area contributed by atoms with Crippen molar-refractivity contribution >= 4 is 15.9 Å². The summed E-state index contributed by atoms with van der Waals surface area (Å²) < 4.78 is 0.736. The van der Waals surface area contributed by atoms with Crippen LogP contribution in [0.15, 0.2) is 10.8 Å². The number of nitrogens with zero attached hydrogens (tertiary/aromatic N) is 1. The van der Waals surface area contributed by atoms with E-state index in [-0.39, 0.29) is 0 Å². The lowest BCUT2D eigenvalue weighted by molar-refractivity contribution is 0.177. The zero-order valence-corrected chi connectivity index (χ0v) is 7.72. The van der Waals surface area contributed by atoms with Crippen molar-refractivity contribution in [2.75, 3.05) is 13.6 Å². The van der Waals surface area contributed by atoms with Crippen molar-refractivity contribution in [2.24, 2.45) is 0 Å². The lowest BCUT2D eigenvalue weighted by atomic mass is 10.2. The maximum atomic E-state index is 9.44. The molecule has 1 heterocycles. The van der Waals surface area contributed by atoms with Crippen LogP contribution in [-0.2, 0) is 0 Å². The smallest absolute Gasteiger partial charge is 0.106 e. The van der Waals surface area contributed by atoms with E-state index >= 15 is 0 Å². The molecular weight excluding hydrogens is 210 g/mol. The summed E-state index contributed by atoms with van der Waals surface area (Å²) in [5, 5.41) is 18.8. The molecule has 0 saturated carbocycles. The first-order chi connectivity index (χ1) is 5.25. The van der Waals surface area contributed by atoms with Crippen molar-refractivity contribution in [3.63, 3.8) is 0 Å². The molecule has 0 radical (unpaired) electrons. The molecular formula is C6H10BrN3O. The molecule has 1 aromatic rings. The van der Waals surface area contributed by atoms with Crippen LogP contribution >= 0.6 is 15.9 Å². The van der Waals surface area contributed by atoms with Crippen molar-refractivity contribution in [3.05, 3.63) is 16.4 Å². The van der Waals surface area contributed by atoms with Crippen LogP contribution in [0, 0.1) is 0 Å². The first-order valence-electron chi connectivity index (χ1n) is 3.27. The van der Waals surface area contributed by atoms with E-state index in [1.54, 1.807) is 13.2 Å². The molecule has 1 aromatic heterocycles. The Kier molecular flexibility index (Phi) is 3.04. The summed E-state index contributed by atoms with van der Waals surface area (Å²) in [4.78, 5) is 0. The molecule has 0 fully saturated rings. The van der Waals surface area contributed by atoms with Gasteiger partial charge in [-0.3, -0.25) is 5.10 Å². The third-order valence-corrected chi connectivity index (χ3v) is 2.01. The van der Waals surface area contributed by atoms with Gasteiger partial charge >= 0.3 is 0 Å². The summed E-state index contributed by atoms with van der Waals surface area (Å²) in [5.74, 6) is 0. The molecule has 0 saturated heterocycles. The van der Waals surface area contributed by atoms with Crippen LogP contribution in [0.3, 0.4) is 0 Å². The summed E-state index contributed by atoms with van der Waals surface area (Å²) in [7, 11) is 1.79. The fraction of sp³-hybridized carbons (Fsp3) is 0.500. The number of aromatic nitrogens is 2. The molecule has 11 heavy (non-hydrogen) atoms. The second-order valence-electron chi connectivity index (χ2n) is 2.21. The normalized spacial score (nSPS) is 13.4. The van der Waals surface area contributed by atoms with Crippen LogP contribution in [-0.4, -0.2) is 28.9 Å². The highest BCUT2D eigenvalue weighted by molar-refractivity contribution is 9.10. The number of H-pyrrole nitrogens is 1. The topological polar surface area (TPSA) is 60.9 Å². The van der Waals surface area contributed by atoms with Crippen molar-refractivity contribution in [1.82, 2.24) is 15.5 Å². The monoisotopic (exact) mass is 219 g/mol. The molecule has 0 aliphatic carbocycles. The molecule has 0 aromatic carbocycles. The zero-order valence-electron chi connectivity index (χ0n) is 6.13.